The number of hydrogen-bond acceptors (Lipinski definition) is 3. The van der Waals surface area contributed by atoms with E-state index in [9.17, 15) is 0 Å². The van der Waals surface area contributed by atoms with Gasteiger partial charge in [-0.3, -0.25) is 0 Å². The Morgan fingerprint density at radius 2 is 2.18 bits per heavy atom. The molecule has 0 atom stereocenters. The Morgan fingerprint density at radius 3 is 2.76 bits per heavy atom. The molecule has 2 rings (SSSR count). The maximum absolute atomic E-state index is 6.06. The van der Waals surface area contributed by atoms with Crippen molar-refractivity contribution in [1.29, 1.82) is 0 Å². The molecule has 90 valence electrons. The summed E-state index contributed by atoms with van der Waals surface area (Å²) in [5, 5.41) is 9.18. The van der Waals surface area contributed by atoms with Crippen LogP contribution in [-0.2, 0) is 6.54 Å². The first kappa shape index (κ1) is 11.9. The Labute approximate surface area is 105 Å². The number of benzene rings is 1. The highest BCUT2D eigenvalue weighted by Crippen LogP contribution is 2.34. The van der Waals surface area contributed by atoms with Crippen LogP contribution >= 0.6 is 11.6 Å². The van der Waals surface area contributed by atoms with E-state index in [0.29, 0.717) is 5.02 Å². The molecule has 0 spiro atoms. The van der Waals surface area contributed by atoms with Crippen molar-refractivity contribution in [1.82, 2.24) is 15.0 Å². The minimum atomic E-state index is 0.671. The van der Waals surface area contributed by atoms with E-state index in [1.165, 1.54) is 0 Å². The van der Waals surface area contributed by atoms with E-state index >= 15 is 0 Å². The summed E-state index contributed by atoms with van der Waals surface area (Å²) in [5.74, 6) is 0.789. The number of halogens is 1. The summed E-state index contributed by atoms with van der Waals surface area (Å²) in [4.78, 5) is 1.63. The van der Waals surface area contributed by atoms with Crippen LogP contribution in [0.1, 0.15) is 12.5 Å². The molecule has 1 aromatic heterocycles. The number of nitrogens with zero attached hydrogens (tertiary/aromatic N) is 3. The van der Waals surface area contributed by atoms with Crippen LogP contribution in [0, 0.1) is 6.92 Å². The minimum Gasteiger partial charge on any atom is -0.496 e. The Balaban J connectivity index is 2.57. The molecule has 0 amide bonds. The van der Waals surface area contributed by atoms with Crippen LogP contribution in [0.4, 0.5) is 0 Å². The molecule has 0 saturated heterocycles. The van der Waals surface area contributed by atoms with E-state index in [-0.39, 0.29) is 0 Å². The summed E-state index contributed by atoms with van der Waals surface area (Å²) in [5.41, 5.74) is 2.63. The van der Waals surface area contributed by atoms with Crippen molar-refractivity contribution in [2.75, 3.05) is 7.11 Å². The van der Waals surface area contributed by atoms with Gasteiger partial charge < -0.3 is 4.74 Å². The highest BCUT2D eigenvalue weighted by Gasteiger charge is 2.13. The molecular formula is C12H14ClN3O. The fourth-order valence-electron chi connectivity index (χ4n) is 1.76. The van der Waals surface area contributed by atoms with Crippen LogP contribution in [0.25, 0.3) is 11.3 Å². The molecule has 0 bridgehead atoms. The lowest BCUT2D eigenvalue weighted by Gasteiger charge is -2.09. The largest absolute Gasteiger partial charge is 0.496 e. The molecule has 2 aromatic rings. The lowest BCUT2D eigenvalue weighted by atomic mass is 10.1. The molecule has 0 unspecified atom stereocenters. The van der Waals surface area contributed by atoms with E-state index in [0.717, 1.165) is 29.1 Å². The monoisotopic (exact) mass is 251 g/mol. The van der Waals surface area contributed by atoms with Crippen molar-refractivity contribution in [3.05, 3.63) is 28.9 Å². The zero-order valence-corrected chi connectivity index (χ0v) is 10.8. The van der Waals surface area contributed by atoms with Crippen LogP contribution in [-0.4, -0.2) is 22.1 Å². The SMILES string of the molecule is CCn1ncc(-c2cc(Cl)cc(C)c2OC)n1. The average Bonchev–Trinajstić information content (AvgIpc) is 2.76. The maximum atomic E-state index is 6.06. The third kappa shape index (κ3) is 2.26. The molecule has 1 heterocycles. The lowest BCUT2D eigenvalue weighted by Crippen LogP contribution is -1.98. The number of methoxy groups -OCH3 is 1. The normalized spacial score (nSPS) is 10.6. The standard InChI is InChI=1S/C12H14ClN3O/c1-4-16-14-7-11(15-16)10-6-9(13)5-8(2)12(10)17-3/h5-7H,4H2,1-3H3. The fraction of sp³-hybridized carbons (Fsp3) is 0.333. The first-order valence-corrected chi connectivity index (χ1v) is 5.78. The van der Waals surface area contributed by atoms with Gasteiger partial charge in [0.15, 0.2) is 0 Å². The predicted octanol–water partition coefficient (Wildman–Crippen LogP) is 2.94. The zero-order valence-electron chi connectivity index (χ0n) is 10.1. The maximum Gasteiger partial charge on any atom is 0.131 e. The van der Waals surface area contributed by atoms with Gasteiger partial charge in [-0.25, -0.2) is 0 Å². The van der Waals surface area contributed by atoms with Gasteiger partial charge >= 0.3 is 0 Å². The molecule has 0 saturated carbocycles. The van der Waals surface area contributed by atoms with Crippen molar-refractivity contribution in [3.8, 4) is 17.0 Å². The summed E-state index contributed by atoms with van der Waals surface area (Å²) in [6.45, 7) is 4.69. The molecule has 0 aliphatic rings. The van der Waals surface area contributed by atoms with E-state index in [1.54, 1.807) is 18.1 Å². The van der Waals surface area contributed by atoms with Crippen molar-refractivity contribution in [2.45, 2.75) is 20.4 Å². The number of ether oxygens (including phenoxy) is 1. The second kappa shape index (κ2) is 4.75. The molecule has 17 heavy (non-hydrogen) atoms. The van der Waals surface area contributed by atoms with Crippen molar-refractivity contribution in [3.63, 3.8) is 0 Å². The van der Waals surface area contributed by atoms with Gasteiger partial charge in [0.25, 0.3) is 0 Å². The Morgan fingerprint density at radius 1 is 1.41 bits per heavy atom. The van der Waals surface area contributed by atoms with Crippen LogP contribution in [0.5, 0.6) is 5.75 Å². The third-order valence-corrected chi connectivity index (χ3v) is 2.76. The second-order valence-corrected chi connectivity index (χ2v) is 4.16. The number of aryl methyl sites for hydroxylation is 2. The van der Waals surface area contributed by atoms with Gasteiger partial charge in [0.2, 0.25) is 0 Å². The Hall–Kier alpha value is -1.55. The van der Waals surface area contributed by atoms with Gasteiger partial charge in [0.05, 0.1) is 19.9 Å². The van der Waals surface area contributed by atoms with Gasteiger partial charge in [0.1, 0.15) is 11.4 Å². The lowest BCUT2D eigenvalue weighted by molar-refractivity contribution is 0.413. The first-order chi connectivity index (χ1) is 8.15. The summed E-state index contributed by atoms with van der Waals surface area (Å²) in [6.07, 6.45) is 1.72. The second-order valence-electron chi connectivity index (χ2n) is 3.72. The molecular weight excluding hydrogens is 238 g/mol. The van der Waals surface area contributed by atoms with Crippen molar-refractivity contribution >= 4 is 11.6 Å². The molecule has 0 fully saturated rings. The minimum absolute atomic E-state index is 0.671. The summed E-state index contributed by atoms with van der Waals surface area (Å²) in [7, 11) is 1.64. The van der Waals surface area contributed by atoms with E-state index in [1.807, 2.05) is 26.0 Å². The molecule has 5 heteroatoms. The number of hydrogen-bond donors (Lipinski definition) is 0. The molecule has 0 aliphatic heterocycles. The first-order valence-electron chi connectivity index (χ1n) is 5.40. The van der Waals surface area contributed by atoms with Gasteiger partial charge in [0, 0.05) is 10.6 Å². The zero-order chi connectivity index (χ0) is 12.4. The van der Waals surface area contributed by atoms with Crippen LogP contribution in [0.2, 0.25) is 5.02 Å². The topological polar surface area (TPSA) is 39.9 Å². The van der Waals surface area contributed by atoms with Crippen LogP contribution in [0.3, 0.4) is 0 Å². The molecule has 1 aromatic carbocycles. The quantitative estimate of drug-likeness (QED) is 0.842. The summed E-state index contributed by atoms with van der Waals surface area (Å²) in [6, 6.07) is 3.71. The van der Waals surface area contributed by atoms with Gasteiger partial charge in [-0.05, 0) is 31.5 Å². The van der Waals surface area contributed by atoms with Gasteiger partial charge in [-0.2, -0.15) is 15.0 Å². The third-order valence-electron chi connectivity index (χ3n) is 2.54. The molecule has 0 aliphatic carbocycles. The molecule has 0 N–H and O–H groups in total. The highest BCUT2D eigenvalue weighted by molar-refractivity contribution is 6.31. The smallest absolute Gasteiger partial charge is 0.131 e. The fourth-order valence-corrected chi connectivity index (χ4v) is 2.04. The average molecular weight is 252 g/mol. The highest BCUT2D eigenvalue weighted by atomic mass is 35.5. The summed E-state index contributed by atoms with van der Waals surface area (Å²) < 4.78 is 5.39. The Kier molecular flexibility index (Phi) is 3.33. The molecule has 0 radical (unpaired) electrons. The van der Waals surface area contributed by atoms with Crippen LogP contribution < -0.4 is 4.74 Å². The van der Waals surface area contributed by atoms with E-state index < -0.39 is 0 Å². The predicted molar refractivity (Wildman–Crippen MR) is 67.4 cm³/mol. The number of aromatic nitrogens is 3. The summed E-state index contributed by atoms with van der Waals surface area (Å²) >= 11 is 6.06. The Bertz CT molecular complexity index is 537. The van der Waals surface area contributed by atoms with Gasteiger partial charge in [-0.15, -0.1) is 0 Å². The van der Waals surface area contributed by atoms with E-state index in [2.05, 4.69) is 10.2 Å². The molecule has 4 nitrogen and oxygen atoms in total. The van der Waals surface area contributed by atoms with Gasteiger partial charge in [-0.1, -0.05) is 11.6 Å². The van der Waals surface area contributed by atoms with Crippen molar-refractivity contribution in [2.24, 2.45) is 0 Å². The van der Waals surface area contributed by atoms with Crippen molar-refractivity contribution < 1.29 is 4.74 Å². The van der Waals surface area contributed by atoms with E-state index in [4.69, 9.17) is 16.3 Å². The number of rotatable bonds is 3. The van der Waals surface area contributed by atoms with Crippen LogP contribution in [0.15, 0.2) is 18.3 Å².